The normalized spacial score (nSPS) is 25.1. The van der Waals surface area contributed by atoms with Crippen LogP contribution in [-0.2, 0) is 0 Å². The van der Waals surface area contributed by atoms with Gasteiger partial charge in [-0.2, -0.15) is 13.2 Å². The molecule has 0 spiro atoms. The summed E-state index contributed by atoms with van der Waals surface area (Å²) in [6.07, 6.45) is 2.66. The SMILES string of the molecule is Cc1nccn1-c1ncc(C(=O)N(C2CC2)[C@@H]2CCN(CC3(C(F)(F)F)CC3)CC2F)cn1. The molecule has 3 fully saturated rings. The fourth-order valence-corrected chi connectivity index (χ4v) is 4.76. The highest BCUT2D eigenvalue weighted by Crippen LogP contribution is 2.58. The number of nitrogens with zero attached hydrogens (tertiary/aromatic N) is 6. The number of halogens is 4. The first-order valence-corrected chi connectivity index (χ1v) is 11.3. The minimum atomic E-state index is -4.26. The Balaban J connectivity index is 1.27. The number of imidazole rings is 1. The molecule has 178 valence electrons. The third-order valence-electron chi connectivity index (χ3n) is 7.03. The van der Waals surface area contributed by atoms with E-state index in [9.17, 15) is 18.0 Å². The van der Waals surface area contributed by atoms with Gasteiger partial charge >= 0.3 is 6.18 Å². The van der Waals surface area contributed by atoms with Gasteiger partial charge in [-0.05, 0) is 39.0 Å². The molecular formula is C22H26F4N6O. The summed E-state index contributed by atoms with van der Waals surface area (Å²) in [7, 11) is 0. The molecule has 3 heterocycles. The van der Waals surface area contributed by atoms with Gasteiger partial charge in [-0.3, -0.25) is 14.3 Å². The van der Waals surface area contributed by atoms with E-state index >= 15 is 4.39 Å². The number of aromatic nitrogens is 4. The lowest BCUT2D eigenvalue weighted by atomic mass is 9.97. The van der Waals surface area contributed by atoms with Crippen molar-refractivity contribution in [2.24, 2.45) is 5.41 Å². The van der Waals surface area contributed by atoms with Gasteiger partial charge in [-0.15, -0.1) is 0 Å². The molecule has 7 nitrogen and oxygen atoms in total. The number of likely N-dealkylation sites (tertiary alicyclic amines) is 1. The summed E-state index contributed by atoms with van der Waals surface area (Å²) in [4.78, 5) is 29.1. The van der Waals surface area contributed by atoms with Crippen molar-refractivity contribution < 1.29 is 22.4 Å². The maximum atomic E-state index is 15.2. The van der Waals surface area contributed by atoms with Gasteiger partial charge in [0.05, 0.1) is 17.0 Å². The van der Waals surface area contributed by atoms with Gasteiger partial charge in [-0.1, -0.05) is 0 Å². The van der Waals surface area contributed by atoms with Gasteiger partial charge in [-0.25, -0.2) is 19.3 Å². The monoisotopic (exact) mass is 466 g/mol. The molecule has 1 aliphatic heterocycles. The molecule has 1 unspecified atom stereocenters. The minimum absolute atomic E-state index is 0.0483. The van der Waals surface area contributed by atoms with Crippen LogP contribution in [0.2, 0.25) is 0 Å². The second kappa shape index (κ2) is 8.03. The topological polar surface area (TPSA) is 67.2 Å². The molecule has 3 aliphatic rings. The molecule has 0 N–H and O–H groups in total. The van der Waals surface area contributed by atoms with Crippen LogP contribution in [0.3, 0.4) is 0 Å². The van der Waals surface area contributed by atoms with Crippen LogP contribution in [0.15, 0.2) is 24.8 Å². The van der Waals surface area contributed by atoms with Crippen LogP contribution in [0.4, 0.5) is 17.6 Å². The summed E-state index contributed by atoms with van der Waals surface area (Å²) in [5, 5.41) is 0. The fraction of sp³-hybridized carbons (Fsp3) is 0.636. The molecule has 2 atom stereocenters. The van der Waals surface area contributed by atoms with Gasteiger partial charge in [0.25, 0.3) is 5.91 Å². The predicted octanol–water partition coefficient (Wildman–Crippen LogP) is 3.33. The Labute approximate surface area is 188 Å². The van der Waals surface area contributed by atoms with Gasteiger partial charge in [0.1, 0.15) is 12.0 Å². The first-order valence-electron chi connectivity index (χ1n) is 11.3. The summed E-state index contributed by atoms with van der Waals surface area (Å²) >= 11 is 0. The van der Waals surface area contributed by atoms with E-state index in [0.717, 1.165) is 12.8 Å². The number of piperidine rings is 1. The third-order valence-corrected chi connectivity index (χ3v) is 7.03. The number of hydrogen-bond acceptors (Lipinski definition) is 5. The van der Waals surface area contributed by atoms with Crippen molar-refractivity contribution in [3.05, 3.63) is 36.2 Å². The molecule has 1 saturated heterocycles. The van der Waals surface area contributed by atoms with Gasteiger partial charge < -0.3 is 4.90 Å². The first kappa shape index (κ1) is 22.2. The van der Waals surface area contributed by atoms with Gasteiger partial charge in [0.2, 0.25) is 5.95 Å². The molecule has 1 amide bonds. The highest BCUT2D eigenvalue weighted by Gasteiger charge is 2.63. The Kier molecular flexibility index (Phi) is 5.42. The maximum absolute atomic E-state index is 15.2. The van der Waals surface area contributed by atoms with Crippen LogP contribution in [-0.4, -0.2) is 79.3 Å². The van der Waals surface area contributed by atoms with Crippen molar-refractivity contribution in [2.45, 2.75) is 63.5 Å². The Morgan fingerprint density at radius 1 is 1.18 bits per heavy atom. The van der Waals surface area contributed by atoms with E-state index in [-0.39, 0.29) is 43.4 Å². The lowest BCUT2D eigenvalue weighted by molar-refractivity contribution is -0.193. The smallest absolute Gasteiger partial charge is 0.330 e. The second-order valence-corrected chi connectivity index (χ2v) is 9.45. The highest BCUT2D eigenvalue weighted by molar-refractivity contribution is 5.94. The van der Waals surface area contributed by atoms with E-state index in [1.54, 1.807) is 26.8 Å². The van der Waals surface area contributed by atoms with E-state index in [1.807, 2.05) is 6.92 Å². The molecule has 0 bridgehead atoms. The molecule has 2 aliphatic carbocycles. The van der Waals surface area contributed by atoms with Crippen LogP contribution in [0.1, 0.15) is 48.3 Å². The van der Waals surface area contributed by atoms with Crippen molar-refractivity contribution in [1.82, 2.24) is 29.3 Å². The van der Waals surface area contributed by atoms with Crippen molar-refractivity contribution in [3.8, 4) is 5.95 Å². The summed E-state index contributed by atoms with van der Waals surface area (Å²) < 4.78 is 56.9. The highest BCUT2D eigenvalue weighted by atomic mass is 19.4. The number of aryl methyl sites for hydroxylation is 1. The van der Waals surface area contributed by atoms with Crippen molar-refractivity contribution >= 4 is 5.91 Å². The van der Waals surface area contributed by atoms with Gasteiger partial charge in [0, 0.05) is 50.5 Å². The molecular weight excluding hydrogens is 440 g/mol. The standard InChI is InChI=1S/C22H26F4N6O/c1-14-27-7-9-31(14)20-28-10-15(11-29-20)19(33)32(16-2-3-16)18-4-8-30(12-17(18)23)13-21(5-6-21)22(24,25)26/h7,9-11,16-18H,2-6,8,12-13H2,1H3/t17?,18-/m1/s1. The molecule has 5 rings (SSSR count). The summed E-state index contributed by atoms with van der Waals surface area (Å²) in [6, 6.07) is -0.703. The largest absolute Gasteiger partial charge is 0.395 e. The molecule has 0 radical (unpaired) electrons. The summed E-state index contributed by atoms with van der Waals surface area (Å²) in [6.45, 7) is 1.90. The molecule has 2 aromatic heterocycles. The maximum Gasteiger partial charge on any atom is 0.395 e. The van der Waals surface area contributed by atoms with Crippen LogP contribution in [0.25, 0.3) is 5.95 Å². The number of carbonyl (C=O) groups is 1. The fourth-order valence-electron chi connectivity index (χ4n) is 4.76. The predicted molar refractivity (Wildman–Crippen MR) is 111 cm³/mol. The first-order chi connectivity index (χ1) is 15.7. The lowest BCUT2D eigenvalue weighted by Gasteiger charge is -2.42. The van der Waals surface area contributed by atoms with E-state index in [0.29, 0.717) is 24.7 Å². The van der Waals surface area contributed by atoms with Crippen LogP contribution < -0.4 is 0 Å². The zero-order valence-electron chi connectivity index (χ0n) is 18.3. The Morgan fingerprint density at radius 3 is 2.39 bits per heavy atom. The average molecular weight is 466 g/mol. The van der Waals surface area contributed by atoms with Crippen molar-refractivity contribution in [3.63, 3.8) is 0 Å². The van der Waals surface area contributed by atoms with E-state index in [2.05, 4.69) is 15.0 Å². The second-order valence-electron chi connectivity index (χ2n) is 9.45. The van der Waals surface area contributed by atoms with Gasteiger partial charge in [0.15, 0.2) is 0 Å². The zero-order chi connectivity index (χ0) is 23.4. The Morgan fingerprint density at radius 2 is 1.88 bits per heavy atom. The molecule has 0 aromatic carbocycles. The number of rotatable bonds is 6. The molecule has 2 saturated carbocycles. The van der Waals surface area contributed by atoms with E-state index in [1.165, 1.54) is 12.4 Å². The lowest BCUT2D eigenvalue weighted by Crippen LogP contribution is -2.56. The number of hydrogen-bond donors (Lipinski definition) is 0. The van der Waals surface area contributed by atoms with Crippen molar-refractivity contribution in [1.29, 1.82) is 0 Å². The zero-order valence-corrected chi connectivity index (χ0v) is 18.3. The third kappa shape index (κ3) is 4.22. The van der Waals surface area contributed by atoms with Crippen molar-refractivity contribution in [2.75, 3.05) is 19.6 Å². The number of alkyl halides is 4. The number of amides is 1. The Bertz CT molecular complexity index is 1010. The van der Waals surface area contributed by atoms with Crippen LogP contribution in [0.5, 0.6) is 0 Å². The molecule has 11 heteroatoms. The average Bonchev–Trinajstić information content (AvgIpc) is 3.69. The quantitative estimate of drug-likeness (QED) is 0.611. The van der Waals surface area contributed by atoms with Crippen LogP contribution >= 0.6 is 0 Å². The minimum Gasteiger partial charge on any atom is -0.330 e. The number of carbonyl (C=O) groups excluding carboxylic acids is 1. The summed E-state index contributed by atoms with van der Waals surface area (Å²) in [5.41, 5.74) is -1.41. The summed E-state index contributed by atoms with van der Waals surface area (Å²) in [5.74, 6) is 0.760. The Hall–Kier alpha value is -2.56. The van der Waals surface area contributed by atoms with E-state index in [4.69, 9.17) is 0 Å². The van der Waals surface area contributed by atoms with Crippen LogP contribution in [0, 0.1) is 12.3 Å². The molecule has 33 heavy (non-hydrogen) atoms. The van der Waals surface area contributed by atoms with E-state index < -0.39 is 23.8 Å². The molecule has 2 aromatic rings.